The summed E-state index contributed by atoms with van der Waals surface area (Å²) in [7, 11) is 0.500. The minimum absolute atomic E-state index is 0.500. The Balaban J connectivity index is 0.00000145. The smallest absolute Gasteiger partial charge is 0.0643 e. The van der Waals surface area contributed by atoms with Gasteiger partial charge in [-0.05, 0) is 130 Å². The average Bonchev–Trinajstić information content (AvgIpc) is 3.29. The molecule has 0 heterocycles. The van der Waals surface area contributed by atoms with E-state index in [0.29, 0.717) is 8.34 Å². The third kappa shape index (κ3) is 7.15. The third-order valence-electron chi connectivity index (χ3n) is 10.7. The first-order chi connectivity index (χ1) is 29.1. The molecule has 0 aliphatic carbocycles. The van der Waals surface area contributed by atoms with Crippen molar-refractivity contribution < 1.29 is 0 Å². The van der Waals surface area contributed by atoms with Crippen molar-refractivity contribution in [3.63, 3.8) is 0 Å². The summed E-state index contributed by atoms with van der Waals surface area (Å²) in [5, 5.41) is 9.82. The monoisotopic (exact) mass is 729 g/mol. The first kappa shape index (κ1) is 33.0. The van der Waals surface area contributed by atoms with Crippen molar-refractivity contribution in [3.8, 4) is 0 Å². The van der Waals surface area contributed by atoms with E-state index in [1.807, 2.05) is 0 Å². The van der Waals surface area contributed by atoms with Crippen molar-refractivity contribution in [1.29, 1.82) is 2.67 Å². The van der Waals surface area contributed by atoms with Gasteiger partial charge in [0.2, 0.25) is 0 Å². The molecule has 0 N–H and O–H groups in total. The molecule has 0 atom stereocenters. The Morgan fingerprint density at radius 3 is 0.772 bits per heavy atom. The first-order valence-corrected chi connectivity index (χ1v) is 19.2. The summed E-state index contributed by atoms with van der Waals surface area (Å²) in [5.74, 6) is 0. The fraction of sp³-hybridized carbons (Fsp3) is 0. The Morgan fingerprint density at radius 2 is 0.509 bits per heavy atom. The number of hydrogen-bond acceptors (Lipinski definition) is 2. The highest BCUT2D eigenvalue weighted by molar-refractivity contribution is 5.94. The summed E-state index contributed by atoms with van der Waals surface area (Å²) in [5.41, 5.74) is 9.02. The van der Waals surface area contributed by atoms with Crippen molar-refractivity contribution in [3.05, 3.63) is 230 Å². The summed E-state index contributed by atoms with van der Waals surface area (Å²) < 4.78 is 11.5. The molecular formula is C54H40BN2. The molecule has 0 spiro atoms. The minimum Gasteiger partial charge on any atom is -0.310 e. The standard InChI is InChI=1S/C54H38N2.BH2/c1-5-13-45-35-51(31-23-41(45)9-1)55(52-32-24-42-10-2-6-14-46(42)36-52)49-27-19-39(20-28-49)17-18-40-21-29-50(30-22-40)56(53-33-25-43-11-3-7-15-47(43)37-53)54-34-26-44-12-4-8-16-48(44)38-54;/h1-38H;1H2/b18-17+;/i;1D2. The zero-order valence-electron chi connectivity index (χ0n) is 33.4. The maximum Gasteiger partial charge on any atom is 0.0643 e. The SMILES string of the molecule is C(=C\c1ccc(N(c2ccc3ccccc3c2)c2ccc3ccccc3c2)cc1)/c1ccc(N(c2ccc3ccccc3c2)c2ccc3ccccc3c2)cc1.[2H][B][2H]. The van der Waals surface area contributed by atoms with Gasteiger partial charge >= 0.3 is 0 Å². The lowest BCUT2D eigenvalue weighted by Crippen LogP contribution is -2.10. The Hall–Kier alpha value is -7.36. The zero-order valence-corrected chi connectivity index (χ0v) is 31.4. The van der Waals surface area contributed by atoms with E-state index in [-0.39, 0.29) is 0 Å². The van der Waals surface area contributed by atoms with Gasteiger partial charge in [0.25, 0.3) is 0 Å². The van der Waals surface area contributed by atoms with Crippen molar-refractivity contribution in [2.45, 2.75) is 0 Å². The second-order valence-electron chi connectivity index (χ2n) is 14.3. The van der Waals surface area contributed by atoms with Crippen LogP contribution in [0.4, 0.5) is 34.1 Å². The van der Waals surface area contributed by atoms with Gasteiger partial charge in [0.05, 0.1) is 8.34 Å². The van der Waals surface area contributed by atoms with Gasteiger partial charge < -0.3 is 9.80 Å². The molecule has 0 saturated heterocycles. The Labute approximate surface area is 338 Å². The zero-order chi connectivity index (χ0) is 40.0. The lowest BCUT2D eigenvalue weighted by Gasteiger charge is -2.26. The molecule has 269 valence electrons. The molecule has 0 aliphatic rings. The molecule has 2 nitrogen and oxygen atoms in total. The lowest BCUT2D eigenvalue weighted by atomic mass is 10.1. The van der Waals surface area contributed by atoms with Crippen LogP contribution in [-0.4, -0.2) is 11.0 Å². The van der Waals surface area contributed by atoms with Crippen LogP contribution in [0.15, 0.2) is 218 Å². The summed E-state index contributed by atoms with van der Waals surface area (Å²) in [6.07, 6.45) is 4.39. The second kappa shape index (κ2) is 15.4. The molecule has 0 saturated carbocycles. The number of nitrogens with zero attached hydrogens (tertiary/aromatic N) is 2. The lowest BCUT2D eigenvalue weighted by molar-refractivity contribution is 1.29. The highest BCUT2D eigenvalue weighted by Crippen LogP contribution is 2.39. The van der Waals surface area contributed by atoms with Gasteiger partial charge in [-0.2, -0.15) is 0 Å². The predicted octanol–water partition coefficient (Wildman–Crippen LogP) is 14.5. The Kier molecular flexibility index (Phi) is 8.93. The molecule has 10 aromatic rings. The molecule has 0 aliphatic heterocycles. The Bertz CT molecular complexity index is 2700. The van der Waals surface area contributed by atoms with Crippen molar-refractivity contribution in [2.24, 2.45) is 0 Å². The van der Waals surface area contributed by atoms with Crippen molar-refractivity contribution >= 4 is 97.7 Å². The van der Waals surface area contributed by atoms with E-state index in [9.17, 15) is 0 Å². The van der Waals surface area contributed by atoms with Gasteiger partial charge in [0.1, 0.15) is 0 Å². The maximum absolute atomic E-state index is 5.75. The number of hydrogen-bond donors (Lipinski definition) is 0. The fourth-order valence-corrected chi connectivity index (χ4v) is 7.82. The first-order valence-electron chi connectivity index (χ1n) is 20.3. The van der Waals surface area contributed by atoms with Crippen molar-refractivity contribution in [1.82, 2.24) is 0 Å². The van der Waals surface area contributed by atoms with Crippen LogP contribution in [0.1, 0.15) is 11.1 Å². The average molecular weight is 730 g/mol. The molecule has 10 rings (SSSR count). The van der Waals surface area contributed by atoms with E-state index in [1.165, 1.54) is 43.1 Å². The fourth-order valence-electron chi connectivity index (χ4n) is 7.82. The normalized spacial score (nSPS) is 11.6. The van der Waals surface area contributed by atoms with E-state index in [4.69, 9.17) is 2.67 Å². The maximum atomic E-state index is 5.75. The summed E-state index contributed by atoms with van der Waals surface area (Å²) >= 11 is 0. The van der Waals surface area contributed by atoms with Gasteiger partial charge in [0.15, 0.2) is 0 Å². The molecule has 3 heteroatoms. The number of anilines is 6. The minimum atomic E-state index is 0.500. The quantitative estimate of drug-likeness (QED) is 0.113. The highest BCUT2D eigenvalue weighted by atomic mass is 15.1. The van der Waals surface area contributed by atoms with Gasteiger partial charge in [-0.25, -0.2) is 0 Å². The van der Waals surface area contributed by atoms with Crippen LogP contribution >= 0.6 is 0 Å². The molecule has 0 aromatic heterocycles. The summed E-state index contributed by atoms with van der Waals surface area (Å²) in [6.45, 7) is 0. The second-order valence-corrected chi connectivity index (χ2v) is 14.3. The predicted molar refractivity (Wildman–Crippen MR) is 250 cm³/mol. The number of rotatable bonds is 8. The van der Waals surface area contributed by atoms with Crippen LogP contribution in [-0.2, 0) is 0 Å². The van der Waals surface area contributed by atoms with Gasteiger partial charge in [-0.15, -0.1) is 0 Å². The van der Waals surface area contributed by atoms with Crippen LogP contribution < -0.4 is 9.80 Å². The topological polar surface area (TPSA) is 6.48 Å². The third-order valence-corrected chi connectivity index (χ3v) is 10.7. The number of fused-ring (bicyclic) bond motifs is 4. The summed E-state index contributed by atoms with van der Waals surface area (Å²) in [6, 6.07) is 78.7. The summed E-state index contributed by atoms with van der Waals surface area (Å²) in [4.78, 5) is 4.70. The number of benzene rings is 10. The van der Waals surface area contributed by atoms with Crippen LogP contribution in [0.5, 0.6) is 0 Å². The highest BCUT2D eigenvalue weighted by Gasteiger charge is 2.15. The van der Waals surface area contributed by atoms with E-state index in [1.54, 1.807) is 0 Å². The van der Waals surface area contributed by atoms with Crippen molar-refractivity contribution in [2.75, 3.05) is 9.80 Å². The molecule has 57 heavy (non-hydrogen) atoms. The van der Waals surface area contributed by atoms with Crippen LogP contribution in [0.3, 0.4) is 0 Å². The molecular weight excluding hydrogens is 687 g/mol. The van der Waals surface area contributed by atoms with E-state index < -0.39 is 0 Å². The van der Waals surface area contributed by atoms with Crippen LogP contribution in [0.25, 0.3) is 55.2 Å². The van der Waals surface area contributed by atoms with Gasteiger partial charge in [-0.1, -0.05) is 158 Å². The van der Waals surface area contributed by atoms with Crippen LogP contribution in [0, 0.1) is 0 Å². The largest absolute Gasteiger partial charge is 0.310 e. The molecule has 1 radical (unpaired) electrons. The van der Waals surface area contributed by atoms with Gasteiger partial charge in [0, 0.05) is 34.1 Å². The van der Waals surface area contributed by atoms with E-state index in [0.717, 1.165) is 45.3 Å². The van der Waals surface area contributed by atoms with E-state index >= 15 is 0 Å². The molecule has 0 amide bonds. The van der Waals surface area contributed by atoms with E-state index in [2.05, 4.69) is 240 Å². The van der Waals surface area contributed by atoms with Crippen LogP contribution in [0.2, 0.25) is 0 Å². The molecule has 0 bridgehead atoms. The molecule has 0 unspecified atom stereocenters. The Morgan fingerprint density at radius 1 is 0.281 bits per heavy atom. The molecule has 0 fully saturated rings. The molecule has 10 aromatic carbocycles. The van der Waals surface area contributed by atoms with Gasteiger partial charge in [-0.3, -0.25) is 0 Å².